The van der Waals surface area contributed by atoms with Gasteiger partial charge in [-0.15, -0.1) is 11.8 Å². The molecule has 1 fully saturated rings. The normalized spacial score (nSPS) is 16.5. The average molecular weight is 484 g/mol. The van der Waals surface area contributed by atoms with Gasteiger partial charge in [0.1, 0.15) is 18.0 Å². The molecule has 2 aliphatic rings. The highest BCUT2D eigenvalue weighted by molar-refractivity contribution is 7.98. The Morgan fingerprint density at radius 1 is 1.24 bits per heavy atom. The second-order valence-corrected chi connectivity index (χ2v) is 8.70. The average Bonchev–Trinajstić information content (AvgIpc) is 3.00. The van der Waals surface area contributed by atoms with E-state index in [4.69, 9.17) is 15.6 Å². The predicted molar refractivity (Wildman–Crippen MR) is 119 cm³/mol. The number of amides is 1. The molecule has 0 saturated heterocycles. The molecule has 33 heavy (non-hydrogen) atoms. The van der Waals surface area contributed by atoms with Crippen LogP contribution in [0.3, 0.4) is 0 Å². The lowest BCUT2D eigenvalue weighted by Crippen LogP contribution is -2.40. The molecule has 1 aliphatic carbocycles. The van der Waals surface area contributed by atoms with E-state index in [-0.39, 0.29) is 11.4 Å². The largest absolute Gasteiger partial charge is 0.490 e. The van der Waals surface area contributed by atoms with Gasteiger partial charge in [0.15, 0.2) is 0 Å². The number of nitrogen functional groups attached to an aromatic ring is 1. The van der Waals surface area contributed by atoms with Crippen molar-refractivity contribution in [3.63, 3.8) is 0 Å². The molecule has 178 valence electrons. The Kier molecular flexibility index (Phi) is 7.06. The number of rotatable bonds is 3. The van der Waals surface area contributed by atoms with Gasteiger partial charge in [0.25, 0.3) is 5.91 Å². The van der Waals surface area contributed by atoms with Gasteiger partial charge in [-0.25, -0.2) is 14.8 Å². The summed E-state index contributed by atoms with van der Waals surface area (Å²) in [5.41, 5.74) is 9.63. The molecule has 2 aromatic rings. The number of nitrogens with zero attached hydrogens (tertiary/aromatic N) is 2. The Morgan fingerprint density at radius 2 is 1.88 bits per heavy atom. The number of carbonyl (C=O) groups excluding carboxylic acids is 1. The standard InChI is InChI=1S/C19H23N5OS.C2HF3O2/c1-11-8-12(23-17-15(26-2)16(20)21-10-22-17)9-13-14(11)18(25)24-19(13)6-4-3-5-7-19;3-2(4,5)1(6)7/h8-10H,3-7H2,1-2H3,(H,24,25)(H3,20,21,22,23);(H,6,7). The number of carboxylic acids is 1. The van der Waals surface area contributed by atoms with E-state index in [9.17, 15) is 18.0 Å². The second kappa shape index (κ2) is 9.46. The predicted octanol–water partition coefficient (Wildman–Crippen LogP) is 4.37. The van der Waals surface area contributed by atoms with Gasteiger partial charge >= 0.3 is 12.1 Å². The van der Waals surface area contributed by atoms with E-state index in [0.29, 0.717) is 11.6 Å². The number of hydrogen-bond acceptors (Lipinski definition) is 7. The van der Waals surface area contributed by atoms with Gasteiger partial charge in [-0.1, -0.05) is 19.3 Å². The molecule has 4 rings (SSSR count). The Bertz CT molecular complexity index is 1070. The van der Waals surface area contributed by atoms with Crippen molar-refractivity contribution < 1.29 is 27.9 Å². The van der Waals surface area contributed by atoms with Crippen LogP contribution in [0.2, 0.25) is 0 Å². The number of fused-ring (bicyclic) bond motifs is 2. The third kappa shape index (κ3) is 5.15. The summed E-state index contributed by atoms with van der Waals surface area (Å²) in [4.78, 5) is 30.7. The van der Waals surface area contributed by atoms with Crippen LogP contribution in [-0.4, -0.2) is 39.4 Å². The number of carbonyl (C=O) groups is 2. The molecular weight excluding hydrogens is 459 g/mol. The minimum Gasteiger partial charge on any atom is -0.475 e. The summed E-state index contributed by atoms with van der Waals surface area (Å²) in [6, 6.07) is 4.11. The van der Waals surface area contributed by atoms with E-state index in [0.717, 1.165) is 53.0 Å². The molecule has 5 N–H and O–H groups in total. The molecule has 1 aromatic heterocycles. The molecule has 0 bridgehead atoms. The molecule has 1 aromatic carbocycles. The van der Waals surface area contributed by atoms with Gasteiger partial charge in [-0.05, 0) is 49.3 Å². The highest BCUT2D eigenvalue weighted by atomic mass is 32.2. The van der Waals surface area contributed by atoms with Crippen molar-refractivity contribution in [3.05, 3.63) is 35.2 Å². The molecule has 1 saturated carbocycles. The molecular formula is C21H24F3N5O3S. The highest BCUT2D eigenvalue weighted by Gasteiger charge is 2.44. The number of nitrogens with two attached hydrogens (primary N) is 1. The van der Waals surface area contributed by atoms with Gasteiger partial charge in [0.05, 0.1) is 10.4 Å². The van der Waals surface area contributed by atoms with Crippen molar-refractivity contribution in [1.82, 2.24) is 15.3 Å². The van der Waals surface area contributed by atoms with Crippen LogP contribution in [0.15, 0.2) is 23.4 Å². The first-order valence-corrected chi connectivity index (χ1v) is 11.4. The maximum absolute atomic E-state index is 12.6. The molecule has 1 amide bonds. The second-order valence-electron chi connectivity index (χ2n) is 7.88. The first-order chi connectivity index (χ1) is 15.5. The quantitative estimate of drug-likeness (QED) is 0.474. The number of alkyl halides is 3. The van der Waals surface area contributed by atoms with Gasteiger partial charge in [-0.3, -0.25) is 4.79 Å². The number of benzene rings is 1. The lowest BCUT2D eigenvalue weighted by molar-refractivity contribution is -0.192. The van der Waals surface area contributed by atoms with Gasteiger partial charge in [-0.2, -0.15) is 13.2 Å². The zero-order valence-electron chi connectivity index (χ0n) is 18.0. The molecule has 1 spiro atoms. The number of anilines is 3. The zero-order chi connectivity index (χ0) is 24.4. The van der Waals surface area contributed by atoms with Crippen LogP contribution in [0, 0.1) is 6.92 Å². The summed E-state index contributed by atoms with van der Waals surface area (Å²) < 4.78 is 31.7. The van der Waals surface area contributed by atoms with Crippen molar-refractivity contribution in [1.29, 1.82) is 0 Å². The van der Waals surface area contributed by atoms with Gasteiger partial charge in [0, 0.05) is 11.3 Å². The fraction of sp³-hybridized carbons (Fsp3) is 0.429. The Morgan fingerprint density at radius 3 is 2.45 bits per heavy atom. The summed E-state index contributed by atoms with van der Waals surface area (Å²) in [6.07, 6.45) is 3.88. The van der Waals surface area contributed by atoms with Crippen LogP contribution in [0.5, 0.6) is 0 Å². The van der Waals surface area contributed by atoms with Crippen LogP contribution in [-0.2, 0) is 10.3 Å². The SMILES string of the molecule is CSc1c(N)ncnc1Nc1cc(C)c2c(c1)C1(CCCCC1)NC2=O.O=C(O)C(F)(F)F. The van der Waals surface area contributed by atoms with E-state index in [2.05, 4.69) is 26.7 Å². The lowest BCUT2D eigenvalue weighted by atomic mass is 9.77. The molecule has 0 unspecified atom stereocenters. The van der Waals surface area contributed by atoms with Gasteiger partial charge in [0.2, 0.25) is 0 Å². The van der Waals surface area contributed by atoms with Crippen molar-refractivity contribution in [2.75, 3.05) is 17.3 Å². The first-order valence-electron chi connectivity index (χ1n) is 10.2. The zero-order valence-corrected chi connectivity index (χ0v) is 18.9. The van der Waals surface area contributed by atoms with E-state index >= 15 is 0 Å². The van der Waals surface area contributed by atoms with Crippen molar-refractivity contribution in [2.45, 2.75) is 55.6 Å². The number of nitrogens with one attached hydrogen (secondary N) is 2. The van der Waals surface area contributed by atoms with Crippen molar-refractivity contribution in [3.8, 4) is 0 Å². The third-order valence-corrected chi connectivity index (χ3v) is 6.49. The van der Waals surface area contributed by atoms with Crippen LogP contribution in [0.1, 0.15) is 53.6 Å². The molecule has 12 heteroatoms. The minimum atomic E-state index is -5.08. The summed E-state index contributed by atoms with van der Waals surface area (Å²) >= 11 is 1.51. The van der Waals surface area contributed by atoms with Crippen LogP contribution in [0.25, 0.3) is 0 Å². The first kappa shape index (κ1) is 24.6. The number of aromatic nitrogens is 2. The topological polar surface area (TPSA) is 130 Å². The fourth-order valence-corrected chi connectivity index (χ4v) is 4.81. The minimum absolute atomic E-state index is 0.0574. The van der Waals surface area contributed by atoms with Crippen LogP contribution >= 0.6 is 11.8 Å². The summed E-state index contributed by atoms with van der Waals surface area (Å²) in [5.74, 6) is -1.54. The van der Waals surface area contributed by atoms with E-state index in [1.165, 1.54) is 24.5 Å². The summed E-state index contributed by atoms with van der Waals surface area (Å²) in [7, 11) is 0. The molecule has 0 radical (unpaired) electrons. The van der Waals surface area contributed by atoms with E-state index in [1.54, 1.807) is 0 Å². The molecule has 0 atom stereocenters. The Hall–Kier alpha value is -3.02. The molecule has 1 aliphatic heterocycles. The maximum atomic E-state index is 12.6. The number of thioether (sulfide) groups is 1. The lowest BCUT2D eigenvalue weighted by Gasteiger charge is -2.34. The summed E-state index contributed by atoms with van der Waals surface area (Å²) in [5, 5.41) is 13.8. The summed E-state index contributed by atoms with van der Waals surface area (Å²) in [6.45, 7) is 2.00. The number of aliphatic carboxylic acids is 1. The smallest absolute Gasteiger partial charge is 0.475 e. The number of carboxylic acid groups (broad SMARTS) is 1. The number of halogens is 3. The van der Waals surface area contributed by atoms with Gasteiger partial charge < -0.3 is 21.5 Å². The van der Waals surface area contributed by atoms with Crippen LogP contribution in [0.4, 0.5) is 30.5 Å². The monoisotopic (exact) mass is 483 g/mol. The van der Waals surface area contributed by atoms with E-state index < -0.39 is 12.1 Å². The third-order valence-electron chi connectivity index (χ3n) is 5.68. The Balaban J connectivity index is 0.000000383. The number of hydrogen-bond donors (Lipinski definition) is 4. The Labute approximate surface area is 192 Å². The maximum Gasteiger partial charge on any atom is 0.490 e. The highest BCUT2D eigenvalue weighted by Crippen LogP contribution is 2.45. The van der Waals surface area contributed by atoms with E-state index in [1.807, 2.05) is 19.2 Å². The number of aryl methyl sites for hydroxylation is 1. The van der Waals surface area contributed by atoms with Crippen LogP contribution < -0.4 is 16.4 Å². The molecule has 2 heterocycles. The molecule has 8 nitrogen and oxygen atoms in total. The van der Waals surface area contributed by atoms with Crippen molar-refractivity contribution in [2.24, 2.45) is 0 Å². The van der Waals surface area contributed by atoms with Crippen molar-refractivity contribution >= 4 is 41.0 Å². The fourth-order valence-electron chi connectivity index (χ4n) is 4.25.